The van der Waals surface area contributed by atoms with Crippen molar-refractivity contribution < 1.29 is 13.5 Å². The van der Waals surface area contributed by atoms with Crippen LogP contribution in [0.2, 0.25) is 0 Å². The van der Waals surface area contributed by atoms with Crippen molar-refractivity contribution in [3.05, 3.63) is 40.1 Å². The number of hydrogen-bond donors (Lipinski definition) is 1. The Balaban J connectivity index is 2.42. The molecule has 21 heavy (non-hydrogen) atoms. The van der Waals surface area contributed by atoms with Gasteiger partial charge in [-0.3, -0.25) is 0 Å². The summed E-state index contributed by atoms with van der Waals surface area (Å²) < 4.78 is 33.0. The van der Waals surface area contributed by atoms with Gasteiger partial charge in [0, 0.05) is 11.0 Å². The molecule has 0 aliphatic rings. The first-order valence-corrected chi connectivity index (χ1v) is 7.26. The van der Waals surface area contributed by atoms with Crippen molar-refractivity contribution in [1.82, 2.24) is 9.97 Å². The fraction of sp³-hybridized carbons (Fsp3) is 0.286. The lowest BCUT2D eigenvalue weighted by Crippen LogP contribution is -2.06. The van der Waals surface area contributed by atoms with Crippen molar-refractivity contribution in [2.45, 2.75) is 20.3 Å². The Bertz CT molecular complexity index is 652. The lowest BCUT2D eigenvalue weighted by molar-refractivity contribution is 0.401. The number of benzene rings is 1. The van der Waals surface area contributed by atoms with Crippen LogP contribution in [0.5, 0.6) is 11.6 Å². The van der Waals surface area contributed by atoms with Gasteiger partial charge in [-0.1, -0.05) is 22.9 Å². The van der Waals surface area contributed by atoms with E-state index in [1.165, 1.54) is 12.4 Å². The predicted octanol–water partition coefficient (Wildman–Crippen LogP) is 4.30. The lowest BCUT2D eigenvalue weighted by atomic mass is 10.2. The van der Waals surface area contributed by atoms with E-state index in [4.69, 9.17) is 4.74 Å². The van der Waals surface area contributed by atoms with Gasteiger partial charge in [0.15, 0.2) is 11.6 Å². The van der Waals surface area contributed by atoms with Crippen molar-refractivity contribution in [3.63, 3.8) is 0 Å². The number of ether oxygens (including phenoxy) is 1. The summed E-state index contributed by atoms with van der Waals surface area (Å²) in [4.78, 5) is 8.13. The number of rotatable bonds is 5. The number of hydrogen-bond acceptors (Lipinski definition) is 4. The molecule has 112 valence electrons. The largest absolute Gasteiger partial charge is 0.435 e. The lowest BCUT2D eigenvalue weighted by Gasteiger charge is -2.13. The molecular formula is C14H14BrF2N3O. The van der Waals surface area contributed by atoms with E-state index in [-0.39, 0.29) is 11.6 Å². The van der Waals surface area contributed by atoms with Crippen LogP contribution < -0.4 is 10.1 Å². The average molecular weight is 358 g/mol. The number of halogens is 3. The Kier molecular flexibility index (Phi) is 5.06. The maximum atomic E-state index is 13.8. The normalized spacial score (nSPS) is 10.5. The van der Waals surface area contributed by atoms with E-state index in [2.05, 4.69) is 31.2 Å². The third-order valence-corrected chi connectivity index (χ3v) is 3.23. The van der Waals surface area contributed by atoms with Gasteiger partial charge in [-0.2, -0.15) is 4.39 Å². The molecule has 0 aliphatic carbocycles. The third kappa shape index (κ3) is 3.47. The second-order valence-electron chi connectivity index (χ2n) is 4.19. The first-order valence-electron chi connectivity index (χ1n) is 6.46. The second kappa shape index (κ2) is 6.80. The van der Waals surface area contributed by atoms with Crippen molar-refractivity contribution in [1.29, 1.82) is 0 Å². The molecule has 0 atom stereocenters. The van der Waals surface area contributed by atoms with E-state index >= 15 is 0 Å². The highest BCUT2D eigenvalue weighted by Gasteiger charge is 2.16. The van der Waals surface area contributed by atoms with E-state index in [0.717, 1.165) is 6.07 Å². The van der Waals surface area contributed by atoms with Crippen LogP contribution in [-0.2, 0) is 6.42 Å². The van der Waals surface area contributed by atoms with Gasteiger partial charge in [-0.15, -0.1) is 0 Å². The predicted molar refractivity (Wildman–Crippen MR) is 79.7 cm³/mol. The molecule has 1 N–H and O–H groups in total. The maximum absolute atomic E-state index is 13.8. The summed E-state index contributed by atoms with van der Waals surface area (Å²) in [6, 6.07) is 2.39. The summed E-state index contributed by atoms with van der Waals surface area (Å²) in [7, 11) is 0. The van der Waals surface area contributed by atoms with Crippen LogP contribution in [0.1, 0.15) is 19.4 Å². The fourth-order valence-corrected chi connectivity index (χ4v) is 2.24. The highest BCUT2D eigenvalue weighted by molar-refractivity contribution is 9.10. The van der Waals surface area contributed by atoms with E-state index in [1.807, 2.05) is 13.8 Å². The zero-order chi connectivity index (χ0) is 15.4. The van der Waals surface area contributed by atoms with Crippen LogP contribution >= 0.6 is 15.9 Å². The Hall–Kier alpha value is -1.76. The summed E-state index contributed by atoms with van der Waals surface area (Å²) in [5, 5.41) is 3.08. The molecule has 0 spiro atoms. The first-order chi connectivity index (χ1) is 10.1. The summed E-state index contributed by atoms with van der Waals surface area (Å²) in [6.45, 7) is 4.53. The van der Waals surface area contributed by atoms with E-state index in [1.54, 1.807) is 0 Å². The zero-order valence-corrected chi connectivity index (χ0v) is 13.2. The number of aromatic nitrogens is 2. The number of nitrogens with one attached hydrogen (secondary N) is 1. The van der Waals surface area contributed by atoms with Gasteiger partial charge in [-0.05, 0) is 25.5 Å². The molecule has 0 amide bonds. The summed E-state index contributed by atoms with van der Waals surface area (Å²) in [6.07, 6.45) is 1.91. The molecule has 0 fully saturated rings. The number of nitrogens with zero attached hydrogens (tertiary/aromatic N) is 2. The molecule has 0 saturated carbocycles. The highest BCUT2D eigenvalue weighted by atomic mass is 79.9. The van der Waals surface area contributed by atoms with Gasteiger partial charge in [-0.25, -0.2) is 14.4 Å². The molecule has 0 aliphatic heterocycles. The molecule has 0 saturated heterocycles. The van der Waals surface area contributed by atoms with Crippen molar-refractivity contribution in [2.75, 3.05) is 11.9 Å². The van der Waals surface area contributed by atoms with Gasteiger partial charge in [0.05, 0.1) is 5.56 Å². The van der Waals surface area contributed by atoms with E-state index in [0.29, 0.717) is 28.8 Å². The molecule has 2 aromatic rings. The Morgan fingerprint density at radius 1 is 1.24 bits per heavy atom. The minimum Gasteiger partial charge on any atom is -0.435 e. The van der Waals surface area contributed by atoms with Gasteiger partial charge in [0.1, 0.15) is 12.1 Å². The Morgan fingerprint density at radius 2 is 2.00 bits per heavy atom. The number of anilines is 1. The second-order valence-corrected chi connectivity index (χ2v) is 5.11. The molecule has 2 rings (SSSR count). The fourth-order valence-electron chi connectivity index (χ4n) is 1.83. The summed E-state index contributed by atoms with van der Waals surface area (Å²) >= 11 is 3.10. The SMILES string of the molecule is CCNc1ncnc(Oc2cc(Br)cc(F)c2F)c1CC. The Morgan fingerprint density at radius 3 is 2.67 bits per heavy atom. The van der Waals surface area contributed by atoms with Crippen LogP contribution in [-0.4, -0.2) is 16.5 Å². The van der Waals surface area contributed by atoms with E-state index < -0.39 is 11.6 Å². The van der Waals surface area contributed by atoms with Gasteiger partial charge in [0.25, 0.3) is 0 Å². The smallest absolute Gasteiger partial charge is 0.227 e. The van der Waals surface area contributed by atoms with Gasteiger partial charge in [0.2, 0.25) is 11.7 Å². The standard InChI is InChI=1S/C14H14BrF2N3O/c1-3-9-13(18-4-2)19-7-20-14(9)21-11-6-8(15)5-10(16)12(11)17/h5-7H,3-4H2,1-2H3,(H,18,19,20). The molecule has 0 radical (unpaired) electrons. The molecule has 1 heterocycles. The minimum absolute atomic E-state index is 0.208. The average Bonchev–Trinajstić information content (AvgIpc) is 2.45. The van der Waals surface area contributed by atoms with Crippen LogP contribution in [0.4, 0.5) is 14.6 Å². The van der Waals surface area contributed by atoms with Crippen molar-refractivity contribution >= 4 is 21.7 Å². The van der Waals surface area contributed by atoms with Crippen LogP contribution in [0, 0.1) is 11.6 Å². The molecule has 0 unspecified atom stereocenters. The molecular weight excluding hydrogens is 344 g/mol. The van der Waals surface area contributed by atoms with Crippen molar-refractivity contribution in [2.24, 2.45) is 0 Å². The van der Waals surface area contributed by atoms with Crippen LogP contribution in [0.15, 0.2) is 22.9 Å². The van der Waals surface area contributed by atoms with Gasteiger partial charge >= 0.3 is 0 Å². The minimum atomic E-state index is -1.05. The quantitative estimate of drug-likeness (QED) is 0.810. The van der Waals surface area contributed by atoms with Crippen LogP contribution in [0.3, 0.4) is 0 Å². The monoisotopic (exact) mass is 357 g/mol. The van der Waals surface area contributed by atoms with Crippen molar-refractivity contribution in [3.8, 4) is 11.6 Å². The maximum Gasteiger partial charge on any atom is 0.227 e. The Labute approximate surface area is 129 Å². The van der Waals surface area contributed by atoms with Gasteiger partial charge < -0.3 is 10.1 Å². The summed E-state index contributed by atoms with van der Waals surface area (Å²) in [5.74, 6) is -1.43. The zero-order valence-electron chi connectivity index (χ0n) is 11.6. The molecule has 7 heteroatoms. The molecule has 1 aromatic heterocycles. The topological polar surface area (TPSA) is 47.0 Å². The molecule has 4 nitrogen and oxygen atoms in total. The molecule has 0 bridgehead atoms. The first kappa shape index (κ1) is 15.6. The molecule has 1 aromatic carbocycles. The summed E-state index contributed by atoms with van der Waals surface area (Å²) in [5.41, 5.74) is 0.708. The van der Waals surface area contributed by atoms with Crippen LogP contribution in [0.25, 0.3) is 0 Å². The third-order valence-electron chi connectivity index (χ3n) is 2.77. The highest BCUT2D eigenvalue weighted by Crippen LogP contribution is 2.32. The van der Waals surface area contributed by atoms with E-state index in [9.17, 15) is 8.78 Å².